The topological polar surface area (TPSA) is 78.4 Å². The molecule has 0 amide bonds. The van der Waals surface area contributed by atoms with Crippen LogP contribution < -0.4 is 10.6 Å². The van der Waals surface area contributed by atoms with Crippen molar-refractivity contribution in [3.05, 3.63) is 59.7 Å². The molecule has 0 bridgehead atoms. The number of carbonyl (C=O) groups is 2. The van der Waals surface area contributed by atoms with E-state index in [0.29, 0.717) is 10.7 Å². The van der Waals surface area contributed by atoms with Gasteiger partial charge in [-0.3, -0.25) is 9.59 Å². The van der Waals surface area contributed by atoms with Crippen LogP contribution in [0.1, 0.15) is 22.8 Å². The number of benzene rings is 2. The van der Waals surface area contributed by atoms with Crippen molar-refractivity contribution < 1.29 is 14.7 Å². The Hall–Kier alpha value is -2.73. The third-order valence-electron chi connectivity index (χ3n) is 3.09. The molecule has 0 saturated carbocycles. The lowest BCUT2D eigenvalue weighted by molar-refractivity contribution is -0.136. The Kier molecular flexibility index (Phi) is 5.43. The molecule has 2 aromatic rings. The molecule has 2 rings (SSSR count). The number of aliphatic carboxylic acids is 1. The highest BCUT2D eigenvalue weighted by Gasteiger charge is 2.04. The van der Waals surface area contributed by atoms with Crippen LogP contribution in [0.25, 0.3) is 0 Å². The second-order valence-corrected chi connectivity index (χ2v) is 5.39. The maximum absolute atomic E-state index is 11.4. The Bertz CT molecular complexity index is 742. The van der Waals surface area contributed by atoms with Gasteiger partial charge in [-0.05, 0) is 49.0 Å². The number of hydrogen-bond acceptors (Lipinski definition) is 3. The molecule has 118 valence electrons. The highest BCUT2D eigenvalue weighted by Crippen LogP contribution is 2.14. The fourth-order valence-corrected chi connectivity index (χ4v) is 2.23. The summed E-state index contributed by atoms with van der Waals surface area (Å²) in [4.78, 5) is 22.0. The quantitative estimate of drug-likeness (QED) is 0.577. The van der Waals surface area contributed by atoms with Crippen molar-refractivity contribution in [3.63, 3.8) is 0 Å². The number of hydrogen-bond donors (Lipinski definition) is 3. The summed E-state index contributed by atoms with van der Waals surface area (Å²) in [5.41, 5.74) is 2.80. The zero-order valence-corrected chi connectivity index (χ0v) is 13.3. The van der Waals surface area contributed by atoms with Gasteiger partial charge in [0.1, 0.15) is 0 Å². The molecule has 0 atom stereocenters. The molecular formula is C17H16N2O3S. The largest absolute Gasteiger partial charge is 0.481 e. The van der Waals surface area contributed by atoms with Gasteiger partial charge in [-0.25, -0.2) is 0 Å². The lowest BCUT2D eigenvalue weighted by Gasteiger charge is -2.11. The van der Waals surface area contributed by atoms with Gasteiger partial charge in [0.15, 0.2) is 10.9 Å². The second-order valence-electron chi connectivity index (χ2n) is 4.98. The fourth-order valence-electron chi connectivity index (χ4n) is 1.99. The maximum Gasteiger partial charge on any atom is 0.307 e. The van der Waals surface area contributed by atoms with Crippen LogP contribution in [0.4, 0.5) is 11.4 Å². The van der Waals surface area contributed by atoms with Gasteiger partial charge >= 0.3 is 5.97 Å². The van der Waals surface area contributed by atoms with E-state index in [1.54, 1.807) is 42.5 Å². The van der Waals surface area contributed by atoms with Gasteiger partial charge in [-0.2, -0.15) is 0 Å². The van der Waals surface area contributed by atoms with Crippen molar-refractivity contribution in [2.75, 3.05) is 10.6 Å². The third kappa shape index (κ3) is 5.19. The van der Waals surface area contributed by atoms with Crippen molar-refractivity contribution in [2.45, 2.75) is 13.3 Å². The van der Waals surface area contributed by atoms with Crippen LogP contribution >= 0.6 is 12.2 Å². The highest BCUT2D eigenvalue weighted by atomic mass is 32.1. The number of thiocarbonyl (C=S) groups is 1. The number of anilines is 2. The lowest BCUT2D eigenvalue weighted by atomic mass is 10.1. The molecule has 0 aromatic heterocycles. The van der Waals surface area contributed by atoms with Gasteiger partial charge in [0.25, 0.3) is 0 Å². The Labute approximate surface area is 139 Å². The Balaban J connectivity index is 1.98. The summed E-state index contributed by atoms with van der Waals surface area (Å²) in [7, 11) is 0. The van der Waals surface area contributed by atoms with Gasteiger partial charge in [0.2, 0.25) is 0 Å². The molecule has 0 radical (unpaired) electrons. The number of Topliss-reactive ketones (excluding diaryl/α,β-unsaturated/α-hetero) is 1. The predicted molar refractivity (Wildman–Crippen MR) is 94.1 cm³/mol. The van der Waals surface area contributed by atoms with E-state index in [2.05, 4.69) is 10.6 Å². The fraction of sp³-hybridized carbons (Fsp3) is 0.118. The van der Waals surface area contributed by atoms with Crippen molar-refractivity contribution >= 4 is 40.5 Å². The third-order valence-corrected chi connectivity index (χ3v) is 3.30. The van der Waals surface area contributed by atoms with E-state index in [1.807, 2.05) is 6.07 Å². The molecule has 0 spiro atoms. The molecule has 3 N–H and O–H groups in total. The SMILES string of the molecule is CC(=O)c1cccc(NC(=S)Nc2ccc(CC(=O)O)cc2)c1. The maximum atomic E-state index is 11.4. The smallest absolute Gasteiger partial charge is 0.307 e. The Morgan fingerprint density at radius 1 is 1.04 bits per heavy atom. The van der Waals surface area contributed by atoms with Gasteiger partial charge in [-0.15, -0.1) is 0 Å². The predicted octanol–water partition coefficient (Wildman–Crippen LogP) is 3.33. The average molecular weight is 328 g/mol. The first-order valence-corrected chi connectivity index (χ1v) is 7.34. The molecule has 0 fully saturated rings. The van der Waals surface area contributed by atoms with E-state index in [-0.39, 0.29) is 12.2 Å². The van der Waals surface area contributed by atoms with Crippen molar-refractivity contribution in [1.29, 1.82) is 0 Å². The zero-order chi connectivity index (χ0) is 16.8. The number of carbonyl (C=O) groups excluding carboxylic acids is 1. The molecule has 0 aliphatic heterocycles. The van der Waals surface area contributed by atoms with E-state index in [4.69, 9.17) is 17.3 Å². The van der Waals surface area contributed by atoms with Crippen LogP contribution in [0, 0.1) is 0 Å². The van der Waals surface area contributed by atoms with Crippen LogP contribution in [0.3, 0.4) is 0 Å². The molecular weight excluding hydrogens is 312 g/mol. The molecule has 0 unspecified atom stereocenters. The van der Waals surface area contributed by atoms with E-state index >= 15 is 0 Å². The van der Waals surface area contributed by atoms with Gasteiger partial charge in [-0.1, -0.05) is 24.3 Å². The van der Waals surface area contributed by atoms with Crippen molar-refractivity contribution in [2.24, 2.45) is 0 Å². The van der Waals surface area contributed by atoms with Crippen LogP contribution in [-0.4, -0.2) is 22.0 Å². The molecule has 0 saturated heterocycles. The van der Waals surface area contributed by atoms with Crippen LogP contribution in [0.5, 0.6) is 0 Å². The molecule has 6 heteroatoms. The number of nitrogens with one attached hydrogen (secondary N) is 2. The Morgan fingerprint density at radius 3 is 2.30 bits per heavy atom. The number of ketones is 1. The first kappa shape index (κ1) is 16.6. The molecule has 0 aliphatic rings. The number of carboxylic acids is 1. The first-order valence-electron chi connectivity index (χ1n) is 6.94. The minimum absolute atomic E-state index is 0.0125. The summed E-state index contributed by atoms with van der Waals surface area (Å²) in [5, 5.41) is 15.1. The summed E-state index contributed by atoms with van der Waals surface area (Å²) < 4.78 is 0. The molecule has 0 heterocycles. The van der Waals surface area contributed by atoms with Gasteiger partial charge in [0, 0.05) is 16.9 Å². The summed E-state index contributed by atoms with van der Waals surface area (Å²) in [6, 6.07) is 14.1. The average Bonchev–Trinajstić information content (AvgIpc) is 2.49. The highest BCUT2D eigenvalue weighted by molar-refractivity contribution is 7.80. The lowest BCUT2D eigenvalue weighted by Crippen LogP contribution is -2.19. The number of carboxylic acid groups (broad SMARTS) is 1. The van der Waals surface area contributed by atoms with E-state index in [1.165, 1.54) is 6.92 Å². The van der Waals surface area contributed by atoms with Crippen LogP contribution in [0.15, 0.2) is 48.5 Å². The first-order chi connectivity index (χ1) is 10.9. The monoisotopic (exact) mass is 328 g/mol. The molecule has 0 aliphatic carbocycles. The summed E-state index contributed by atoms with van der Waals surface area (Å²) >= 11 is 5.23. The zero-order valence-electron chi connectivity index (χ0n) is 12.5. The second kappa shape index (κ2) is 7.51. The Morgan fingerprint density at radius 2 is 1.70 bits per heavy atom. The molecule has 5 nitrogen and oxygen atoms in total. The van der Waals surface area contributed by atoms with E-state index in [0.717, 1.165) is 16.9 Å². The standard InChI is InChI=1S/C17H16N2O3S/c1-11(20)13-3-2-4-15(10-13)19-17(23)18-14-7-5-12(6-8-14)9-16(21)22/h2-8,10H,9H2,1H3,(H,21,22)(H2,18,19,23). The minimum Gasteiger partial charge on any atom is -0.481 e. The van der Waals surface area contributed by atoms with E-state index < -0.39 is 5.97 Å². The van der Waals surface area contributed by atoms with Crippen molar-refractivity contribution in [3.8, 4) is 0 Å². The normalized spacial score (nSPS) is 9.96. The molecule has 2 aromatic carbocycles. The summed E-state index contributed by atoms with van der Waals surface area (Å²) in [6.45, 7) is 1.51. The van der Waals surface area contributed by atoms with Gasteiger partial charge in [0.05, 0.1) is 6.42 Å². The minimum atomic E-state index is -0.867. The molecule has 23 heavy (non-hydrogen) atoms. The van der Waals surface area contributed by atoms with Crippen LogP contribution in [-0.2, 0) is 11.2 Å². The van der Waals surface area contributed by atoms with Gasteiger partial charge < -0.3 is 15.7 Å². The van der Waals surface area contributed by atoms with E-state index in [9.17, 15) is 9.59 Å². The summed E-state index contributed by atoms with van der Waals surface area (Å²) in [5.74, 6) is -0.880. The summed E-state index contributed by atoms with van der Waals surface area (Å²) in [6.07, 6.45) is -0.0131. The van der Waals surface area contributed by atoms with Crippen LogP contribution in [0.2, 0.25) is 0 Å². The van der Waals surface area contributed by atoms with Crippen molar-refractivity contribution in [1.82, 2.24) is 0 Å². The number of rotatable bonds is 5.